The zero-order chi connectivity index (χ0) is 11.7. The Morgan fingerprint density at radius 3 is 3.00 bits per heavy atom. The summed E-state index contributed by atoms with van der Waals surface area (Å²) in [6.45, 7) is 5.14. The molecule has 0 saturated carbocycles. The number of nitrogens with zero attached hydrogens (tertiary/aromatic N) is 3. The zero-order valence-corrected chi connectivity index (χ0v) is 10.8. The second-order valence-electron chi connectivity index (χ2n) is 3.76. The number of piperazine rings is 1. The fourth-order valence-electron chi connectivity index (χ4n) is 1.76. The summed E-state index contributed by atoms with van der Waals surface area (Å²) in [5.74, 6) is 1.53. The van der Waals surface area contributed by atoms with E-state index in [0.29, 0.717) is 12.4 Å². The van der Waals surface area contributed by atoms with Crippen molar-refractivity contribution in [2.45, 2.75) is 19.9 Å². The van der Waals surface area contributed by atoms with Gasteiger partial charge in [0.1, 0.15) is 22.3 Å². The molecule has 1 fully saturated rings. The standard InChI is InChI=1S/C10H13BrN4O/c1-6-10(16)12-3-4-15(6)9-5-8(11)13-7(2)14-9/h5-6H,3-4H2,1-2H3,(H,12,16). The maximum Gasteiger partial charge on any atom is 0.242 e. The number of carbonyl (C=O) groups is 1. The third-order valence-electron chi connectivity index (χ3n) is 2.59. The molecule has 1 N–H and O–H groups in total. The molecular weight excluding hydrogens is 272 g/mol. The summed E-state index contributed by atoms with van der Waals surface area (Å²) in [6, 6.07) is 1.65. The molecule has 0 bridgehead atoms. The van der Waals surface area contributed by atoms with Gasteiger partial charge in [0.25, 0.3) is 0 Å². The van der Waals surface area contributed by atoms with Gasteiger partial charge in [0.05, 0.1) is 0 Å². The van der Waals surface area contributed by atoms with Crippen molar-refractivity contribution in [1.29, 1.82) is 0 Å². The van der Waals surface area contributed by atoms with Gasteiger partial charge in [0, 0.05) is 19.2 Å². The minimum atomic E-state index is -0.185. The number of halogens is 1. The second-order valence-corrected chi connectivity index (χ2v) is 4.57. The van der Waals surface area contributed by atoms with Crippen LogP contribution in [0.25, 0.3) is 0 Å². The number of aryl methyl sites for hydroxylation is 1. The van der Waals surface area contributed by atoms with Gasteiger partial charge >= 0.3 is 0 Å². The Morgan fingerprint density at radius 1 is 1.56 bits per heavy atom. The number of aromatic nitrogens is 2. The molecule has 0 spiro atoms. The lowest BCUT2D eigenvalue weighted by molar-refractivity contribution is -0.122. The maximum absolute atomic E-state index is 11.5. The normalized spacial score (nSPS) is 20.8. The number of hydrogen-bond donors (Lipinski definition) is 1. The molecule has 16 heavy (non-hydrogen) atoms. The van der Waals surface area contributed by atoms with E-state index in [-0.39, 0.29) is 11.9 Å². The van der Waals surface area contributed by atoms with Crippen molar-refractivity contribution in [1.82, 2.24) is 15.3 Å². The molecule has 1 aromatic heterocycles. The third-order valence-corrected chi connectivity index (χ3v) is 2.99. The number of carbonyl (C=O) groups excluding carboxylic acids is 1. The van der Waals surface area contributed by atoms with Crippen LogP contribution in [0.3, 0.4) is 0 Å². The highest BCUT2D eigenvalue weighted by atomic mass is 79.9. The summed E-state index contributed by atoms with van der Waals surface area (Å²) >= 11 is 3.34. The van der Waals surface area contributed by atoms with Gasteiger partial charge in [-0.3, -0.25) is 4.79 Å². The van der Waals surface area contributed by atoms with Crippen molar-refractivity contribution in [3.8, 4) is 0 Å². The van der Waals surface area contributed by atoms with Gasteiger partial charge in [-0.25, -0.2) is 9.97 Å². The molecular formula is C10H13BrN4O. The minimum absolute atomic E-state index is 0.0404. The van der Waals surface area contributed by atoms with Crippen molar-refractivity contribution in [3.63, 3.8) is 0 Å². The zero-order valence-electron chi connectivity index (χ0n) is 9.20. The first-order valence-corrected chi connectivity index (χ1v) is 5.93. The molecule has 0 radical (unpaired) electrons. The van der Waals surface area contributed by atoms with Crippen molar-refractivity contribution in [2.24, 2.45) is 0 Å². The molecule has 1 aromatic rings. The molecule has 2 rings (SSSR count). The lowest BCUT2D eigenvalue weighted by atomic mass is 10.2. The van der Waals surface area contributed by atoms with Crippen LogP contribution in [0.1, 0.15) is 12.7 Å². The summed E-state index contributed by atoms with van der Waals surface area (Å²) in [4.78, 5) is 22.0. The van der Waals surface area contributed by atoms with Crippen LogP contribution in [-0.4, -0.2) is 35.0 Å². The molecule has 5 nitrogen and oxygen atoms in total. The lowest BCUT2D eigenvalue weighted by Gasteiger charge is -2.33. The number of nitrogens with one attached hydrogen (secondary N) is 1. The molecule has 6 heteroatoms. The van der Waals surface area contributed by atoms with E-state index in [4.69, 9.17) is 0 Å². The Hall–Kier alpha value is -1.17. The van der Waals surface area contributed by atoms with E-state index < -0.39 is 0 Å². The van der Waals surface area contributed by atoms with Crippen LogP contribution in [0.5, 0.6) is 0 Å². The third kappa shape index (κ3) is 2.16. The van der Waals surface area contributed by atoms with Crippen molar-refractivity contribution < 1.29 is 4.79 Å². The first-order chi connectivity index (χ1) is 7.58. The highest BCUT2D eigenvalue weighted by molar-refractivity contribution is 9.10. The SMILES string of the molecule is Cc1nc(Br)cc(N2CCNC(=O)C2C)n1. The average Bonchev–Trinajstić information content (AvgIpc) is 2.20. The smallest absolute Gasteiger partial charge is 0.242 e. The maximum atomic E-state index is 11.5. The van der Waals surface area contributed by atoms with E-state index in [0.717, 1.165) is 17.0 Å². The van der Waals surface area contributed by atoms with Crippen LogP contribution in [-0.2, 0) is 4.79 Å². The average molecular weight is 285 g/mol. The molecule has 0 aromatic carbocycles. The second kappa shape index (κ2) is 4.37. The molecule has 1 atom stereocenters. The fraction of sp³-hybridized carbons (Fsp3) is 0.500. The van der Waals surface area contributed by atoms with E-state index in [1.165, 1.54) is 0 Å². The fourth-order valence-corrected chi connectivity index (χ4v) is 2.22. The Morgan fingerprint density at radius 2 is 2.31 bits per heavy atom. The van der Waals surface area contributed by atoms with E-state index in [1.807, 2.05) is 24.8 Å². The van der Waals surface area contributed by atoms with Crippen LogP contribution < -0.4 is 10.2 Å². The summed E-state index contributed by atoms with van der Waals surface area (Å²) in [5, 5.41) is 2.83. The van der Waals surface area contributed by atoms with Gasteiger partial charge in [0.2, 0.25) is 5.91 Å². The summed E-state index contributed by atoms with van der Waals surface area (Å²) in [7, 11) is 0. The van der Waals surface area contributed by atoms with E-state index in [9.17, 15) is 4.79 Å². The Labute approximate surface area is 102 Å². The van der Waals surface area contributed by atoms with Crippen LogP contribution in [0.2, 0.25) is 0 Å². The van der Waals surface area contributed by atoms with Crippen LogP contribution >= 0.6 is 15.9 Å². The molecule has 1 aliphatic rings. The molecule has 86 valence electrons. The number of rotatable bonds is 1. The first-order valence-electron chi connectivity index (χ1n) is 5.13. The van der Waals surface area contributed by atoms with Crippen molar-refractivity contribution in [2.75, 3.05) is 18.0 Å². The summed E-state index contributed by atoms with van der Waals surface area (Å²) in [6.07, 6.45) is 0. The topological polar surface area (TPSA) is 58.1 Å². The number of hydrogen-bond acceptors (Lipinski definition) is 4. The molecule has 0 aliphatic carbocycles. The van der Waals surface area contributed by atoms with E-state index in [2.05, 4.69) is 31.2 Å². The first kappa shape index (κ1) is 11.3. The van der Waals surface area contributed by atoms with Gasteiger partial charge in [-0.1, -0.05) is 0 Å². The molecule has 1 amide bonds. The largest absolute Gasteiger partial charge is 0.353 e. The lowest BCUT2D eigenvalue weighted by Crippen LogP contribution is -2.54. The number of anilines is 1. The Bertz CT molecular complexity index is 403. The highest BCUT2D eigenvalue weighted by Gasteiger charge is 2.26. The predicted molar refractivity (Wildman–Crippen MR) is 64.3 cm³/mol. The molecule has 1 saturated heterocycles. The monoisotopic (exact) mass is 284 g/mol. The van der Waals surface area contributed by atoms with Gasteiger partial charge in [-0.2, -0.15) is 0 Å². The Kier molecular flexibility index (Phi) is 3.09. The number of amides is 1. The van der Waals surface area contributed by atoms with Gasteiger partial charge < -0.3 is 10.2 Å². The van der Waals surface area contributed by atoms with E-state index in [1.54, 1.807) is 0 Å². The molecule has 1 aliphatic heterocycles. The van der Waals surface area contributed by atoms with Crippen molar-refractivity contribution >= 4 is 27.7 Å². The Balaban J connectivity index is 2.32. The van der Waals surface area contributed by atoms with Crippen LogP contribution in [0.4, 0.5) is 5.82 Å². The van der Waals surface area contributed by atoms with Gasteiger partial charge in [-0.05, 0) is 29.8 Å². The summed E-state index contributed by atoms with van der Waals surface area (Å²) in [5.41, 5.74) is 0. The van der Waals surface area contributed by atoms with Crippen LogP contribution in [0, 0.1) is 6.92 Å². The van der Waals surface area contributed by atoms with E-state index >= 15 is 0 Å². The van der Waals surface area contributed by atoms with Gasteiger partial charge in [-0.15, -0.1) is 0 Å². The molecule has 1 unspecified atom stereocenters. The van der Waals surface area contributed by atoms with Crippen LogP contribution in [0.15, 0.2) is 10.7 Å². The quantitative estimate of drug-likeness (QED) is 0.778. The summed E-state index contributed by atoms with van der Waals surface area (Å²) < 4.78 is 0.744. The molecule has 2 heterocycles. The van der Waals surface area contributed by atoms with Gasteiger partial charge in [0.15, 0.2) is 0 Å². The minimum Gasteiger partial charge on any atom is -0.353 e. The highest BCUT2D eigenvalue weighted by Crippen LogP contribution is 2.19. The predicted octanol–water partition coefficient (Wildman–Crippen LogP) is 0.872. The van der Waals surface area contributed by atoms with Crippen molar-refractivity contribution in [3.05, 3.63) is 16.5 Å².